The predicted molar refractivity (Wildman–Crippen MR) is 74.2 cm³/mol. The van der Waals surface area contributed by atoms with Crippen molar-refractivity contribution < 1.29 is 9.47 Å². The monoisotopic (exact) mass is 252 g/mol. The highest BCUT2D eigenvalue weighted by molar-refractivity contribution is 5.43. The molecule has 0 aliphatic heterocycles. The van der Waals surface area contributed by atoms with Gasteiger partial charge in [0.15, 0.2) is 11.5 Å². The summed E-state index contributed by atoms with van der Waals surface area (Å²) in [6.45, 7) is 3.45. The molecule has 0 spiro atoms. The third-order valence-electron chi connectivity index (χ3n) is 3.33. The molecule has 0 aromatic heterocycles. The summed E-state index contributed by atoms with van der Waals surface area (Å²) in [6, 6.07) is 6.02. The van der Waals surface area contributed by atoms with Gasteiger partial charge in [0.1, 0.15) is 0 Å². The minimum atomic E-state index is 0.369. The zero-order valence-corrected chi connectivity index (χ0v) is 11.5. The molecule has 18 heavy (non-hydrogen) atoms. The molecule has 0 radical (unpaired) electrons. The van der Waals surface area contributed by atoms with Gasteiger partial charge in [-0.05, 0) is 49.0 Å². The molecule has 0 bridgehead atoms. The van der Waals surface area contributed by atoms with Crippen LogP contribution >= 0.6 is 0 Å². The molecule has 1 aromatic rings. The average Bonchev–Trinajstić information content (AvgIpc) is 2.43. The summed E-state index contributed by atoms with van der Waals surface area (Å²) in [5.41, 5.74) is 12.6. The molecule has 0 amide bonds. The Kier molecular flexibility index (Phi) is 5.95. The third kappa shape index (κ3) is 3.62. The molecule has 1 rings (SSSR count). The summed E-state index contributed by atoms with van der Waals surface area (Å²) >= 11 is 0. The average molecular weight is 252 g/mol. The van der Waals surface area contributed by atoms with E-state index in [2.05, 4.69) is 13.0 Å². The van der Waals surface area contributed by atoms with Crippen LogP contribution in [0.5, 0.6) is 11.5 Å². The molecule has 4 N–H and O–H groups in total. The Morgan fingerprint density at radius 3 is 2.17 bits per heavy atom. The summed E-state index contributed by atoms with van der Waals surface area (Å²) in [5.74, 6) is 2.29. The molecule has 1 aromatic carbocycles. The number of methoxy groups -OCH3 is 2. The topological polar surface area (TPSA) is 70.5 Å². The molecule has 0 aliphatic carbocycles. The lowest BCUT2D eigenvalue weighted by Crippen LogP contribution is -2.24. The second kappa shape index (κ2) is 7.24. The molecule has 0 saturated heterocycles. The van der Waals surface area contributed by atoms with Gasteiger partial charge in [-0.25, -0.2) is 0 Å². The van der Waals surface area contributed by atoms with E-state index in [4.69, 9.17) is 20.9 Å². The number of hydrogen-bond donors (Lipinski definition) is 2. The summed E-state index contributed by atoms with van der Waals surface area (Å²) in [5, 5.41) is 0. The number of nitrogens with two attached hydrogens (primary N) is 2. The van der Waals surface area contributed by atoms with Crippen LogP contribution < -0.4 is 20.9 Å². The molecule has 1 atom stereocenters. The van der Waals surface area contributed by atoms with Crippen LogP contribution in [-0.4, -0.2) is 27.3 Å². The van der Waals surface area contributed by atoms with E-state index < -0.39 is 0 Å². The molecular formula is C14H24N2O2. The minimum Gasteiger partial charge on any atom is -0.493 e. The number of rotatable bonds is 7. The highest BCUT2D eigenvalue weighted by atomic mass is 16.5. The molecule has 4 nitrogen and oxygen atoms in total. The zero-order chi connectivity index (χ0) is 13.5. The standard InChI is InChI=1S/C14H24N2O2/c1-10(6-11(8-15)9-16)12-4-5-13(17-2)14(7-12)18-3/h4-5,7,10-11H,6,8-9,15-16H2,1-3H3. The van der Waals surface area contributed by atoms with Gasteiger partial charge in [0.05, 0.1) is 14.2 Å². The van der Waals surface area contributed by atoms with Crippen LogP contribution in [0, 0.1) is 5.92 Å². The first-order valence-electron chi connectivity index (χ1n) is 6.28. The molecule has 4 heteroatoms. The highest BCUT2D eigenvalue weighted by Gasteiger charge is 2.14. The Morgan fingerprint density at radius 2 is 1.67 bits per heavy atom. The molecule has 102 valence electrons. The highest BCUT2D eigenvalue weighted by Crippen LogP contribution is 2.32. The molecule has 0 saturated carbocycles. The van der Waals surface area contributed by atoms with Gasteiger partial charge in [0, 0.05) is 0 Å². The van der Waals surface area contributed by atoms with Crippen LogP contribution in [0.3, 0.4) is 0 Å². The zero-order valence-electron chi connectivity index (χ0n) is 11.5. The maximum Gasteiger partial charge on any atom is 0.160 e. The van der Waals surface area contributed by atoms with Crippen LogP contribution in [0.15, 0.2) is 18.2 Å². The van der Waals surface area contributed by atoms with E-state index in [-0.39, 0.29) is 0 Å². The van der Waals surface area contributed by atoms with Crippen molar-refractivity contribution in [1.29, 1.82) is 0 Å². The van der Waals surface area contributed by atoms with Gasteiger partial charge >= 0.3 is 0 Å². The third-order valence-corrected chi connectivity index (χ3v) is 3.33. The Hall–Kier alpha value is -1.26. The summed E-state index contributed by atoms with van der Waals surface area (Å²) in [4.78, 5) is 0. The molecule has 0 aliphatic rings. The van der Waals surface area contributed by atoms with E-state index >= 15 is 0 Å². The molecular weight excluding hydrogens is 228 g/mol. The maximum absolute atomic E-state index is 5.69. The first-order chi connectivity index (χ1) is 8.65. The maximum atomic E-state index is 5.69. The fourth-order valence-corrected chi connectivity index (χ4v) is 2.08. The SMILES string of the molecule is COc1ccc(C(C)CC(CN)CN)cc1OC. The minimum absolute atomic E-state index is 0.369. The van der Waals surface area contributed by atoms with Crippen molar-refractivity contribution in [3.05, 3.63) is 23.8 Å². The van der Waals surface area contributed by atoms with E-state index in [9.17, 15) is 0 Å². The lowest BCUT2D eigenvalue weighted by atomic mass is 9.90. The van der Waals surface area contributed by atoms with Crippen molar-refractivity contribution in [2.75, 3.05) is 27.3 Å². The van der Waals surface area contributed by atoms with Crippen LogP contribution in [-0.2, 0) is 0 Å². The van der Waals surface area contributed by atoms with Gasteiger partial charge in [-0.3, -0.25) is 0 Å². The number of benzene rings is 1. The van der Waals surface area contributed by atoms with Crippen molar-refractivity contribution >= 4 is 0 Å². The van der Waals surface area contributed by atoms with Crippen LogP contribution in [0.2, 0.25) is 0 Å². The summed E-state index contributed by atoms with van der Waals surface area (Å²) in [6.07, 6.45) is 0.989. The quantitative estimate of drug-likeness (QED) is 0.775. The van der Waals surface area contributed by atoms with Gasteiger partial charge in [0.2, 0.25) is 0 Å². The largest absolute Gasteiger partial charge is 0.493 e. The summed E-state index contributed by atoms with van der Waals surface area (Å²) in [7, 11) is 3.29. The molecule has 0 heterocycles. The summed E-state index contributed by atoms with van der Waals surface area (Å²) < 4.78 is 10.5. The molecule has 0 fully saturated rings. The fraction of sp³-hybridized carbons (Fsp3) is 0.571. The van der Waals surface area contributed by atoms with Gasteiger partial charge < -0.3 is 20.9 Å². The van der Waals surface area contributed by atoms with E-state index in [1.54, 1.807) is 14.2 Å². The van der Waals surface area contributed by atoms with Crippen LogP contribution in [0.25, 0.3) is 0 Å². The fourth-order valence-electron chi connectivity index (χ4n) is 2.08. The van der Waals surface area contributed by atoms with Crippen molar-refractivity contribution in [2.24, 2.45) is 17.4 Å². The van der Waals surface area contributed by atoms with Crippen molar-refractivity contribution in [1.82, 2.24) is 0 Å². The van der Waals surface area contributed by atoms with Gasteiger partial charge in [-0.1, -0.05) is 13.0 Å². The van der Waals surface area contributed by atoms with Crippen molar-refractivity contribution in [2.45, 2.75) is 19.3 Å². The van der Waals surface area contributed by atoms with Crippen molar-refractivity contribution in [3.8, 4) is 11.5 Å². The van der Waals surface area contributed by atoms with E-state index in [0.29, 0.717) is 24.9 Å². The Labute approximate surface area is 109 Å². The first-order valence-corrected chi connectivity index (χ1v) is 6.28. The van der Waals surface area contributed by atoms with E-state index in [0.717, 1.165) is 17.9 Å². The second-order valence-corrected chi connectivity index (χ2v) is 4.59. The van der Waals surface area contributed by atoms with Crippen LogP contribution in [0.4, 0.5) is 0 Å². The second-order valence-electron chi connectivity index (χ2n) is 4.59. The lowest BCUT2D eigenvalue weighted by Gasteiger charge is -2.19. The normalized spacial score (nSPS) is 12.6. The van der Waals surface area contributed by atoms with Gasteiger partial charge in [0.25, 0.3) is 0 Å². The smallest absolute Gasteiger partial charge is 0.160 e. The Balaban J connectivity index is 2.82. The lowest BCUT2D eigenvalue weighted by molar-refractivity contribution is 0.354. The van der Waals surface area contributed by atoms with E-state index in [1.807, 2.05) is 12.1 Å². The molecule has 1 unspecified atom stereocenters. The van der Waals surface area contributed by atoms with Gasteiger partial charge in [-0.15, -0.1) is 0 Å². The van der Waals surface area contributed by atoms with Crippen molar-refractivity contribution in [3.63, 3.8) is 0 Å². The number of hydrogen-bond acceptors (Lipinski definition) is 4. The van der Waals surface area contributed by atoms with E-state index in [1.165, 1.54) is 5.56 Å². The number of ether oxygens (including phenoxy) is 2. The first kappa shape index (κ1) is 14.8. The van der Waals surface area contributed by atoms with Gasteiger partial charge in [-0.2, -0.15) is 0 Å². The predicted octanol–water partition coefficient (Wildman–Crippen LogP) is 1.73. The Morgan fingerprint density at radius 1 is 1.06 bits per heavy atom. The Bertz CT molecular complexity index is 365. The van der Waals surface area contributed by atoms with Crippen LogP contribution in [0.1, 0.15) is 24.8 Å².